The average molecular weight is 334 g/mol. The van der Waals surface area contributed by atoms with Gasteiger partial charge in [-0.1, -0.05) is 0 Å². The molecule has 6 nitrogen and oxygen atoms in total. The maximum Gasteiger partial charge on any atom is 0.350 e. The molecular weight excluding hydrogens is 316 g/mol. The molecule has 1 aliphatic rings. The number of hydrogen-bond donors (Lipinski definition) is 1. The van der Waals surface area contributed by atoms with Gasteiger partial charge in [-0.15, -0.1) is 11.3 Å². The second kappa shape index (κ2) is 7.79. The van der Waals surface area contributed by atoms with Gasteiger partial charge in [0.1, 0.15) is 11.1 Å². The van der Waals surface area contributed by atoms with Crippen molar-refractivity contribution in [1.82, 2.24) is 0 Å². The standard InChI is InChI=1S/C16H18N2O4S/c1-3-21-15(19)10(8-17)9-18-14-13(16(20)22-4-2)11-6-5-7-12(11)23-14/h9,18H,3-7H2,1-2H3. The first-order chi connectivity index (χ1) is 11.1. The first-order valence-corrected chi connectivity index (χ1v) is 8.29. The molecule has 23 heavy (non-hydrogen) atoms. The van der Waals surface area contributed by atoms with E-state index in [1.54, 1.807) is 19.9 Å². The summed E-state index contributed by atoms with van der Waals surface area (Å²) in [5.74, 6) is -1.07. The van der Waals surface area contributed by atoms with Gasteiger partial charge in [0, 0.05) is 11.1 Å². The van der Waals surface area contributed by atoms with Crippen LogP contribution in [0.25, 0.3) is 0 Å². The molecule has 7 heteroatoms. The second-order valence-electron chi connectivity index (χ2n) is 4.82. The first-order valence-electron chi connectivity index (χ1n) is 7.47. The number of nitrogens with one attached hydrogen (secondary N) is 1. The molecule has 1 heterocycles. The molecule has 0 bridgehead atoms. The van der Waals surface area contributed by atoms with Crippen LogP contribution in [0.1, 0.15) is 41.1 Å². The van der Waals surface area contributed by atoms with Crippen LogP contribution in [0.4, 0.5) is 5.00 Å². The van der Waals surface area contributed by atoms with Gasteiger partial charge in [0.15, 0.2) is 5.57 Å². The molecule has 2 rings (SSSR count). The number of anilines is 1. The van der Waals surface area contributed by atoms with Gasteiger partial charge in [-0.3, -0.25) is 0 Å². The van der Waals surface area contributed by atoms with Crippen LogP contribution < -0.4 is 5.32 Å². The van der Waals surface area contributed by atoms with Crippen LogP contribution >= 0.6 is 11.3 Å². The molecular formula is C16H18N2O4S. The van der Waals surface area contributed by atoms with Crippen molar-refractivity contribution in [2.75, 3.05) is 18.5 Å². The summed E-state index contributed by atoms with van der Waals surface area (Å²) in [6.45, 7) is 3.92. The van der Waals surface area contributed by atoms with Crippen molar-refractivity contribution in [3.63, 3.8) is 0 Å². The molecule has 0 saturated heterocycles. The molecule has 1 aromatic rings. The third-order valence-corrected chi connectivity index (χ3v) is 4.59. The van der Waals surface area contributed by atoms with Crippen molar-refractivity contribution < 1.29 is 19.1 Å². The van der Waals surface area contributed by atoms with Gasteiger partial charge in [0.2, 0.25) is 0 Å². The first kappa shape index (κ1) is 17.0. The van der Waals surface area contributed by atoms with Crippen LogP contribution in [-0.2, 0) is 27.1 Å². The number of rotatable bonds is 6. The summed E-state index contributed by atoms with van der Waals surface area (Å²) in [6, 6.07) is 1.79. The lowest BCUT2D eigenvalue weighted by atomic mass is 10.1. The normalized spacial score (nSPS) is 13.2. The van der Waals surface area contributed by atoms with Crippen LogP contribution in [-0.4, -0.2) is 25.2 Å². The molecule has 0 atom stereocenters. The highest BCUT2D eigenvalue weighted by Crippen LogP contribution is 2.39. The Morgan fingerprint density at radius 1 is 1.30 bits per heavy atom. The number of esters is 2. The minimum Gasteiger partial charge on any atom is -0.462 e. The van der Waals surface area contributed by atoms with Crippen molar-refractivity contribution in [2.45, 2.75) is 33.1 Å². The molecule has 0 amide bonds. The molecule has 0 aliphatic heterocycles. The Kier molecular flexibility index (Phi) is 5.77. The predicted molar refractivity (Wildman–Crippen MR) is 86.3 cm³/mol. The lowest BCUT2D eigenvalue weighted by Crippen LogP contribution is -2.10. The SMILES string of the molecule is CCOC(=O)C(C#N)=CNc1sc2c(c1C(=O)OCC)CCC2. The Bertz CT molecular complexity index is 685. The van der Waals surface area contributed by atoms with E-state index in [9.17, 15) is 9.59 Å². The fourth-order valence-corrected chi connectivity index (χ4v) is 3.66. The summed E-state index contributed by atoms with van der Waals surface area (Å²) in [4.78, 5) is 25.0. The number of hydrogen-bond acceptors (Lipinski definition) is 7. The lowest BCUT2D eigenvalue weighted by Gasteiger charge is -2.06. The maximum atomic E-state index is 12.2. The van der Waals surface area contributed by atoms with E-state index in [1.807, 2.05) is 0 Å². The Hall–Kier alpha value is -2.33. The number of thiophene rings is 1. The molecule has 1 aromatic heterocycles. The van der Waals surface area contributed by atoms with Gasteiger partial charge >= 0.3 is 11.9 Å². The van der Waals surface area contributed by atoms with Gasteiger partial charge < -0.3 is 14.8 Å². The fourth-order valence-electron chi connectivity index (χ4n) is 2.41. The summed E-state index contributed by atoms with van der Waals surface area (Å²) < 4.78 is 9.92. The highest BCUT2D eigenvalue weighted by atomic mass is 32.1. The Labute approximate surface area is 138 Å². The summed E-state index contributed by atoms with van der Waals surface area (Å²) in [5, 5.41) is 12.5. The molecule has 1 N–H and O–H groups in total. The number of aryl methyl sites for hydroxylation is 1. The van der Waals surface area contributed by atoms with Crippen LogP contribution in [0.15, 0.2) is 11.8 Å². The Balaban J connectivity index is 2.28. The maximum absolute atomic E-state index is 12.2. The van der Waals surface area contributed by atoms with E-state index in [0.717, 1.165) is 29.7 Å². The summed E-state index contributed by atoms with van der Waals surface area (Å²) in [6.07, 6.45) is 4.08. The van der Waals surface area contributed by atoms with Crippen LogP contribution in [0.5, 0.6) is 0 Å². The van der Waals surface area contributed by atoms with Crippen molar-refractivity contribution in [2.24, 2.45) is 0 Å². The summed E-state index contributed by atoms with van der Waals surface area (Å²) in [5.41, 5.74) is 1.39. The van der Waals surface area contributed by atoms with Crippen molar-refractivity contribution in [3.05, 3.63) is 27.8 Å². The van der Waals surface area contributed by atoms with Gasteiger partial charge in [0.05, 0.1) is 18.8 Å². The summed E-state index contributed by atoms with van der Waals surface area (Å²) in [7, 11) is 0. The largest absolute Gasteiger partial charge is 0.462 e. The number of nitriles is 1. The Morgan fingerprint density at radius 3 is 2.70 bits per heavy atom. The molecule has 122 valence electrons. The number of carbonyl (C=O) groups excluding carboxylic acids is 2. The smallest absolute Gasteiger partial charge is 0.350 e. The van der Waals surface area contributed by atoms with Gasteiger partial charge in [-0.25, -0.2) is 9.59 Å². The van der Waals surface area contributed by atoms with Crippen LogP contribution in [0.2, 0.25) is 0 Å². The molecule has 0 aromatic carbocycles. The molecule has 0 saturated carbocycles. The molecule has 0 unspecified atom stereocenters. The van der Waals surface area contributed by atoms with Gasteiger partial charge in [-0.05, 0) is 38.7 Å². The monoisotopic (exact) mass is 334 g/mol. The van der Waals surface area contributed by atoms with E-state index < -0.39 is 5.97 Å². The van der Waals surface area contributed by atoms with Crippen molar-refractivity contribution in [3.8, 4) is 6.07 Å². The van der Waals surface area contributed by atoms with E-state index in [4.69, 9.17) is 14.7 Å². The zero-order valence-electron chi connectivity index (χ0n) is 13.1. The zero-order valence-corrected chi connectivity index (χ0v) is 13.9. The number of carbonyl (C=O) groups is 2. The Morgan fingerprint density at radius 2 is 2.04 bits per heavy atom. The van der Waals surface area contributed by atoms with E-state index in [2.05, 4.69) is 5.32 Å². The minimum atomic E-state index is -0.690. The highest BCUT2D eigenvalue weighted by Gasteiger charge is 2.27. The van der Waals surface area contributed by atoms with Crippen LogP contribution in [0.3, 0.4) is 0 Å². The molecule has 1 aliphatic carbocycles. The fraction of sp³-hybridized carbons (Fsp3) is 0.438. The lowest BCUT2D eigenvalue weighted by molar-refractivity contribution is -0.138. The third-order valence-electron chi connectivity index (χ3n) is 3.36. The quantitative estimate of drug-likeness (QED) is 0.489. The molecule has 0 fully saturated rings. The van der Waals surface area contributed by atoms with E-state index in [0.29, 0.717) is 17.2 Å². The third kappa shape index (κ3) is 3.71. The van der Waals surface area contributed by atoms with Gasteiger partial charge in [0.25, 0.3) is 0 Å². The number of fused-ring (bicyclic) bond motifs is 1. The molecule has 0 spiro atoms. The van der Waals surface area contributed by atoms with Crippen LogP contribution in [0, 0.1) is 11.3 Å². The van der Waals surface area contributed by atoms with Crippen molar-refractivity contribution >= 4 is 28.3 Å². The summed E-state index contributed by atoms with van der Waals surface area (Å²) >= 11 is 1.46. The predicted octanol–water partition coefficient (Wildman–Crippen LogP) is 2.80. The van der Waals surface area contributed by atoms with Gasteiger partial charge in [-0.2, -0.15) is 5.26 Å². The van der Waals surface area contributed by atoms with E-state index >= 15 is 0 Å². The number of nitrogens with zero attached hydrogens (tertiary/aromatic N) is 1. The zero-order chi connectivity index (χ0) is 16.8. The van der Waals surface area contributed by atoms with E-state index in [1.165, 1.54) is 17.5 Å². The minimum absolute atomic E-state index is 0.143. The second-order valence-corrected chi connectivity index (χ2v) is 5.92. The van der Waals surface area contributed by atoms with Crippen molar-refractivity contribution in [1.29, 1.82) is 5.26 Å². The molecule has 0 radical (unpaired) electrons. The highest BCUT2D eigenvalue weighted by molar-refractivity contribution is 7.16. The number of ether oxygens (including phenoxy) is 2. The van der Waals surface area contributed by atoms with E-state index in [-0.39, 0.29) is 18.1 Å². The average Bonchev–Trinajstić information content (AvgIpc) is 3.08. The topological polar surface area (TPSA) is 88.4 Å².